The number of imidazole rings is 2. The number of rotatable bonds is 6. The molecule has 26 heavy (non-hydrogen) atoms. The van der Waals surface area contributed by atoms with E-state index in [1.807, 2.05) is 62.5 Å². The number of para-hydroxylation sites is 2. The van der Waals surface area contributed by atoms with Crippen molar-refractivity contribution in [2.75, 3.05) is 0 Å². The molecule has 0 unspecified atom stereocenters. The third kappa shape index (κ3) is 6.31. The van der Waals surface area contributed by atoms with E-state index in [1.54, 1.807) is 0 Å². The van der Waals surface area contributed by atoms with Crippen LogP contribution in [0.25, 0.3) is 21.9 Å². The molecule has 0 saturated heterocycles. The molecule has 2 N–H and O–H groups in total. The first-order chi connectivity index (χ1) is 12.7. The summed E-state index contributed by atoms with van der Waals surface area (Å²) in [6.45, 7) is 5.15. The molecule has 0 saturated carbocycles. The maximum atomic E-state index is 4.83. The van der Waals surface area contributed by atoms with Crippen LogP contribution in [0.2, 0.25) is 0 Å². The van der Waals surface area contributed by atoms with E-state index in [1.165, 1.54) is 0 Å². The molecule has 8 heteroatoms. The van der Waals surface area contributed by atoms with Crippen LogP contribution in [0.3, 0.4) is 0 Å². The predicted octanol–water partition coefficient (Wildman–Crippen LogP) is 5.72. The Labute approximate surface area is 168 Å². The summed E-state index contributed by atoms with van der Waals surface area (Å²) in [5.74, 6) is 1.74. The molecule has 2 heterocycles. The number of nitrogens with zero attached hydrogens (tertiary/aromatic N) is 3. The van der Waals surface area contributed by atoms with Crippen molar-refractivity contribution < 1.29 is 13.4 Å². The zero-order valence-corrected chi connectivity index (χ0v) is 17.3. The zero-order chi connectivity index (χ0) is 18.8. The second-order valence-corrected chi connectivity index (χ2v) is 7.51. The van der Waals surface area contributed by atoms with Gasteiger partial charge in [-0.3, -0.25) is 0 Å². The van der Waals surface area contributed by atoms with Gasteiger partial charge < -0.3 is 15.3 Å². The number of allylic oxidation sites excluding steroid dienone is 4. The molecule has 3 aromatic rings. The van der Waals surface area contributed by atoms with E-state index in [9.17, 15) is 0 Å². The first kappa shape index (κ1) is 20.8. The Kier molecular flexibility index (Phi) is 8.96. The normalized spacial score (nSPS) is 11.6. The summed E-state index contributed by atoms with van der Waals surface area (Å²) in [5.41, 5.74) is 4.10. The first-order valence-electron chi connectivity index (χ1n) is 7.98. The van der Waals surface area contributed by atoms with Crippen LogP contribution in [0.4, 0.5) is 0 Å². The standard InChI is InChI=1S/C18H20N5.2ClH.Cr/c1-3-4-7-13(2)16-10-20-17(23-16)11-19-12-18-21-14-8-5-6-9-15(14)22-18;;;/h3-10H,11-12H2,1-2H3,(H,20,23)(H,21,22);2*1H;/q-1;;;+3/p-2/b4-3-,13-7-;;;. The van der Waals surface area contributed by atoms with Gasteiger partial charge in [0, 0.05) is 6.20 Å². The number of aromatic nitrogens is 4. The van der Waals surface area contributed by atoms with Crippen LogP contribution in [-0.2, 0) is 26.5 Å². The third-order valence-electron chi connectivity index (χ3n) is 3.54. The number of hydrogen-bond acceptors (Lipinski definition) is 2. The molecule has 0 aliphatic heterocycles. The van der Waals surface area contributed by atoms with Crippen LogP contribution in [0, 0.1) is 0 Å². The number of halogens is 2. The summed E-state index contributed by atoms with van der Waals surface area (Å²) >= 11 is -0.181. The van der Waals surface area contributed by atoms with E-state index in [4.69, 9.17) is 20.1 Å². The van der Waals surface area contributed by atoms with Crippen LogP contribution < -0.4 is 0 Å². The molecule has 0 aliphatic carbocycles. The van der Waals surface area contributed by atoms with Gasteiger partial charge in [-0.1, -0.05) is 43.5 Å². The summed E-state index contributed by atoms with van der Waals surface area (Å²) in [6.07, 6.45) is 7.97. The molecule has 5 nitrogen and oxygen atoms in total. The van der Waals surface area contributed by atoms with Gasteiger partial charge in [-0.2, -0.15) is 0 Å². The van der Waals surface area contributed by atoms with Gasteiger partial charge in [0.05, 0.1) is 28.4 Å². The number of fused-ring (bicyclic) bond motifs is 1. The van der Waals surface area contributed by atoms with Gasteiger partial charge >= 0.3 is 33.5 Å². The Morgan fingerprint density at radius 3 is 2.65 bits per heavy atom. The van der Waals surface area contributed by atoms with E-state index in [0.29, 0.717) is 13.1 Å². The molecular formula is C18H20Cl2CrN5. The Bertz CT molecular complexity index is 836. The van der Waals surface area contributed by atoms with Crippen molar-refractivity contribution >= 4 is 36.7 Å². The van der Waals surface area contributed by atoms with E-state index in [2.05, 4.69) is 25.3 Å². The molecule has 0 spiro atoms. The Hall–Kier alpha value is -1.55. The summed E-state index contributed by atoms with van der Waals surface area (Å²) in [4.78, 5) is 15.5. The van der Waals surface area contributed by atoms with Crippen molar-refractivity contribution in [1.29, 1.82) is 0 Å². The summed E-state index contributed by atoms with van der Waals surface area (Å²) in [6, 6.07) is 7.99. The van der Waals surface area contributed by atoms with Crippen molar-refractivity contribution in [3.05, 3.63) is 71.3 Å². The van der Waals surface area contributed by atoms with Crippen molar-refractivity contribution in [2.24, 2.45) is 0 Å². The van der Waals surface area contributed by atoms with Gasteiger partial charge in [-0.25, -0.2) is 9.97 Å². The van der Waals surface area contributed by atoms with Crippen LogP contribution in [0.5, 0.6) is 0 Å². The first-order valence-corrected chi connectivity index (χ1v) is 11.5. The third-order valence-corrected chi connectivity index (χ3v) is 3.54. The Balaban J connectivity index is 0.000000758. The molecule has 137 valence electrons. The Morgan fingerprint density at radius 1 is 1.19 bits per heavy atom. The fraction of sp³-hybridized carbons (Fsp3) is 0.222. The SMILES string of the molecule is C/C=C\C=C(\C)c1c[nH]c(C[N-]Cc2nc3ccccc3[nH]2)n1.[Cl][Cr+][Cl]. The molecule has 0 fully saturated rings. The Morgan fingerprint density at radius 2 is 1.92 bits per heavy atom. The molecule has 0 aliphatic rings. The molecule has 2 aromatic heterocycles. The minimum absolute atomic E-state index is 0.181. The van der Waals surface area contributed by atoms with Gasteiger partial charge in [0.15, 0.2) is 0 Å². The van der Waals surface area contributed by atoms with Crippen LogP contribution in [0.1, 0.15) is 31.2 Å². The summed E-state index contributed by atoms with van der Waals surface area (Å²) in [5, 5.41) is 4.52. The number of H-pyrrole nitrogens is 2. The average molecular weight is 429 g/mol. The second kappa shape index (κ2) is 11.2. The maximum absolute atomic E-state index is 4.83. The number of hydrogen-bond donors (Lipinski definition) is 2. The second-order valence-electron chi connectivity index (χ2n) is 5.41. The van der Waals surface area contributed by atoms with Gasteiger partial charge in [0.2, 0.25) is 0 Å². The number of benzene rings is 1. The number of aromatic amines is 2. The van der Waals surface area contributed by atoms with Crippen molar-refractivity contribution in [3.63, 3.8) is 0 Å². The monoisotopic (exact) mass is 428 g/mol. The molecule has 0 atom stereocenters. The van der Waals surface area contributed by atoms with Gasteiger partial charge in [-0.15, -0.1) is 0 Å². The van der Waals surface area contributed by atoms with Crippen LogP contribution in [-0.4, -0.2) is 19.9 Å². The quantitative estimate of drug-likeness (QED) is 0.493. The van der Waals surface area contributed by atoms with Crippen LogP contribution >= 0.6 is 20.1 Å². The van der Waals surface area contributed by atoms with Gasteiger partial charge in [0.1, 0.15) is 0 Å². The fourth-order valence-electron chi connectivity index (χ4n) is 2.32. The molecular weight excluding hydrogens is 409 g/mol. The molecule has 0 bridgehead atoms. The minimum atomic E-state index is -0.181. The summed E-state index contributed by atoms with van der Waals surface area (Å²) < 4.78 is 0. The van der Waals surface area contributed by atoms with Crippen molar-refractivity contribution in [2.45, 2.75) is 26.9 Å². The molecule has 1 aromatic carbocycles. The number of nitrogens with one attached hydrogen (secondary N) is 2. The fourth-order valence-corrected chi connectivity index (χ4v) is 2.32. The van der Waals surface area contributed by atoms with Gasteiger partial charge in [0.25, 0.3) is 0 Å². The van der Waals surface area contributed by atoms with E-state index >= 15 is 0 Å². The average Bonchev–Trinajstić information content (AvgIpc) is 3.27. The van der Waals surface area contributed by atoms with E-state index in [0.717, 1.165) is 33.9 Å². The predicted molar refractivity (Wildman–Crippen MR) is 106 cm³/mol. The van der Waals surface area contributed by atoms with E-state index < -0.39 is 0 Å². The van der Waals surface area contributed by atoms with Crippen molar-refractivity contribution in [3.8, 4) is 0 Å². The molecule has 0 radical (unpaired) electrons. The summed E-state index contributed by atoms with van der Waals surface area (Å²) in [7, 11) is 9.65. The zero-order valence-electron chi connectivity index (χ0n) is 14.5. The topological polar surface area (TPSA) is 71.5 Å². The van der Waals surface area contributed by atoms with Gasteiger partial charge in [-0.05, 0) is 31.6 Å². The van der Waals surface area contributed by atoms with Crippen molar-refractivity contribution in [1.82, 2.24) is 19.9 Å². The van der Waals surface area contributed by atoms with E-state index in [-0.39, 0.29) is 13.4 Å². The van der Waals surface area contributed by atoms with Crippen LogP contribution in [0.15, 0.2) is 48.7 Å². The molecule has 3 rings (SSSR count). The molecule has 0 amide bonds.